The minimum Gasteiger partial charge on any atom is -0.355 e. The van der Waals surface area contributed by atoms with Crippen LogP contribution in [0.5, 0.6) is 0 Å². The maximum absolute atomic E-state index is 14.8. The largest absolute Gasteiger partial charge is 0.355 e. The van der Waals surface area contributed by atoms with Crippen molar-refractivity contribution in [2.45, 2.75) is 0 Å². The third-order valence-electron chi connectivity index (χ3n) is 4.27. The molecule has 8 bridgehead atoms. The smallest absolute Gasteiger partial charge is 0.172 e. The van der Waals surface area contributed by atoms with Crippen molar-refractivity contribution in [3.05, 3.63) is 70.0 Å². The van der Waals surface area contributed by atoms with Crippen molar-refractivity contribution in [1.82, 2.24) is 19.9 Å². The number of rotatable bonds is 0. The van der Waals surface area contributed by atoms with Gasteiger partial charge in [-0.25, -0.2) is 14.4 Å². The first-order valence-corrected chi connectivity index (χ1v) is 8.45. The first kappa shape index (κ1) is 15.1. The molecule has 126 valence electrons. The summed E-state index contributed by atoms with van der Waals surface area (Å²) in [5.74, 6) is -0.427. The predicted molar refractivity (Wildman–Crippen MR) is 104 cm³/mol. The molecule has 2 aliphatic heterocycles. The molecule has 5 rings (SSSR count). The minimum atomic E-state index is -0.427. The Labute approximate surface area is 152 Å². The van der Waals surface area contributed by atoms with E-state index >= 15 is 0 Å². The van der Waals surface area contributed by atoms with Gasteiger partial charge in [-0.05, 0) is 60.7 Å². The van der Waals surface area contributed by atoms with Gasteiger partial charge in [-0.3, -0.25) is 0 Å². The molecule has 0 spiro atoms. The molecule has 0 aliphatic carbocycles. The molecule has 0 saturated carbocycles. The quantitative estimate of drug-likeness (QED) is 0.385. The summed E-state index contributed by atoms with van der Waals surface area (Å²) in [7, 11) is 0. The fourth-order valence-electron chi connectivity index (χ4n) is 3.01. The molecule has 2 N–H and O–H groups in total. The predicted octanol–water partition coefficient (Wildman–Crippen LogP) is 5.45. The zero-order chi connectivity index (χ0) is 17.7. The average molecular weight is 363 g/mol. The summed E-state index contributed by atoms with van der Waals surface area (Å²) in [4.78, 5) is 15.2. The molecule has 0 amide bonds. The Morgan fingerprint density at radius 1 is 0.731 bits per heavy atom. The molecule has 0 unspecified atom stereocenters. The number of aromatic nitrogens is 4. The first-order chi connectivity index (χ1) is 12.7. The molecule has 0 fully saturated rings. The van der Waals surface area contributed by atoms with Crippen LogP contribution < -0.4 is 0 Å². The topological polar surface area (TPSA) is 57.4 Å². The zero-order valence-corrected chi connectivity index (χ0v) is 14.2. The van der Waals surface area contributed by atoms with Crippen LogP contribution in [-0.4, -0.2) is 19.9 Å². The van der Waals surface area contributed by atoms with Crippen LogP contribution in [0.1, 0.15) is 22.8 Å². The minimum absolute atomic E-state index is 0.235. The Bertz CT molecular complexity index is 1260. The number of hydrogen-bond acceptors (Lipinski definition) is 2. The summed E-state index contributed by atoms with van der Waals surface area (Å²) in [6, 6.07) is 11.3. The summed E-state index contributed by atoms with van der Waals surface area (Å²) in [6.07, 6.45) is 7.02. The molecule has 3 aromatic heterocycles. The van der Waals surface area contributed by atoms with E-state index in [0.29, 0.717) is 21.9 Å². The number of fused-ring (bicyclic) bond motifs is 8. The van der Waals surface area contributed by atoms with E-state index in [0.717, 1.165) is 22.2 Å². The van der Waals surface area contributed by atoms with Gasteiger partial charge in [0.25, 0.3) is 0 Å². The van der Waals surface area contributed by atoms with Gasteiger partial charge < -0.3 is 9.97 Å². The number of H-pyrrole nitrogens is 2. The van der Waals surface area contributed by atoms with E-state index in [1.165, 1.54) is 0 Å². The third kappa shape index (κ3) is 2.53. The lowest BCUT2D eigenvalue weighted by Gasteiger charge is -1.92. The Morgan fingerprint density at radius 2 is 1.38 bits per heavy atom. The molecule has 0 atom stereocenters. The van der Waals surface area contributed by atoms with Gasteiger partial charge in [0.15, 0.2) is 5.82 Å². The van der Waals surface area contributed by atoms with Crippen molar-refractivity contribution in [2.24, 2.45) is 0 Å². The zero-order valence-electron chi connectivity index (χ0n) is 13.4. The Balaban J connectivity index is 1.91. The van der Waals surface area contributed by atoms with E-state index in [1.54, 1.807) is 18.2 Å². The lowest BCUT2D eigenvalue weighted by Crippen LogP contribution is -1.84. The first-order valence-electron chi connectivity index (χ1n) is 8.07. The number of aromatic amines is 2. The lowest BCUT2D eigenvalue weighted by atomic mass is 10.3. The molecular weight excluding hydrogens is 351 g/mol. The van der Waals surface area contributed by atoms with Gasteiger partial charge in [0.2, 0.25) is 0 Å². The van der Waals surface area contributed by atoms with Gasteiger partial charge in [-0.15, -0.1) is 0 Å². The van der Waals surface area contributed by atoms with E-state index < -0.39 is 5.82 Å². The van der Waals surface area contributed by atoms with Crippen molar-refractivity contribution in [3.8, 4) is 0 Å². The van der Waals surface area contributed by atoms with Crippen LogP contribution >= 0.6 is 11.6 Å². The summed E-state index contributed by atoms with van der Waals surface area (Å²) in [6.45, 7) is 0. The highest BCUT2D eigenvalue weighted by Gasteiger charge is 2.12. The van der Waals surface area contributed by atoms with Gasteiger partial charge in [0, 0.05) is 16.6 Å². The molecular formula is C20H12ClFN4. The lowest BCUT2D eigenvalue weighted by molar-refractivity contribution is 0.629. The van der Waals surface area contributed by atoms with Crippen molar-refractivity contribution in [1.29, 1.82) is 0 Å². The second-order valence-corrected chi connectivity index (χ2v) is 6.46. The molecule has 3 aromatic rings. The van der Waals surface area contributed by atoms with Crippen LogP contribution in [0.15, 0.2) is 36.4 Å². The summed E-state index contributed by atoms with van der Waals surface area (Å²) in [5.41, 5.74) is 5.11. The van der Waals surface area contributed by atoms with Crippen molar-refractivity contribution >= 4 is 58.0 Å². The fraction of sp³-hybridized carbons (Fsp3) is 0. The van der Waals surface area contributed by atoms with Crippen LogP contribution in [0.25, 0.3) is 46.4 Å². The Hall–Kier alpha value is -3.18. The maximum Gasteiger partial charge on any atom is 0.172 e. The highest BCUT2D eigenvalue weighted by atomic mass is 35.5. The highest BCUT2D eigenvalue weighted by Crippen LogP contribution is 2.26. The van der Waals surface area contributed by atoms with Crippen LogP contribution in [-0.2, 0) is 0 Å². The standard InChI is InChI=1S/C20H12ClFN4/c21-19-15-5-3-13(24-15)9-11-1-2-12(23-11)10-14-4-6-17(25-14)20(22)18-8-7-16(19)26-18/h1-10,23,25H. The molecule has 4 nitrogen and oxygen atoms in total. The van der Waals surface area contributed by atoms with Crippen LogP contribution in [0.2, 0.25) is 5.02 Å². The normalized spacial score (nSPS) is 12.7. The second-order valence-electron chi connectivity index (χ2n) is 6.08. The second kappa shape index (κ2) is 5.68. The van der Waals surface area contributed by atoms with Crippen molar-refractivity contribution < 1.29 is 4.39 Å². The average Bonchev–Trinajstić information content (AvgIpc) is 3.41. The monoisotopic (exact) mass is 362 g/mol. The molecule has 6 heteroatoms. The van der Waals surface area contributed by atoms with Crippen molar-refractivity contribution in [2.75, 3.05) is 0 Å². The maximum atomic E-state index is 14.8. The summed E-state index contributed by atoms with van der Waals surface area (Å²) >= 11 is 6.43. The third-order valence-corrected chi connectivity index (χ3v) is 4.65. The van der Waals surface area contributed by atoms with E-state index in [4.69, 9.17) is 11.6 Å². The molecule has 2 aliphatic rings. The molecule has 0 radical (unpaired) electrons. The number of hydrogen-bond donors (Lipinski definition) is 2. The van der Waals surface area contributed by atoms with Crippen LogP contribution in [0.4, 0.5) is 4.39 Å². The highest BCUT2D eigenvalue weighted by molar-refractivity contribution is 6.33. The van der Waals surface area contributed by atoms with E-state index in [1.807, 2.05) is 42.5 Å². The molecule has 0 aromatic carbocycles. The summed E-state index contributed by atoms with van der Waals surface area (Å²) < 4.78 is 14.8. The van der Waals surface area contributed by atoms with E-state index in [2.05, 4.69) is 19.9 Å². The van der Waals surface area contributed by atoms with Crippen LogP contribution in [0.3, 0.4) is 0 Å². The molecule has 0 saturated heterocycles. The van der Waals surface area contributed by atoms with Gasteiger partial charge in [0.05, 0.1) is 27.6 Å². The Kier molecular flexibility index (Phi) is 3.30. The van der Waals surface area contributed by atoms with E-state index in [-0.39, 0.29) is 5.69 Å². The summed E-state index contributed by atoms with van der Waals surface area (Å²) in [5, 5.41) is 0.392. The number of nitrogens with zero attached hydrogens (tertiary/aromatic N) is 2. The number of nitrogens with one attached hydrogen (secondary N) is 2. The van der Waals surface area contributed by atoms with E-state index in [9.17, 15) is 4.39 Å². The van der Waals surface area contributed by atoms with Gasteiger partial charge >= 0.3 is 0 Å². The number of halogens is 2. The van der Waals surface area contributed by atoms with Crippen LogP contribution in [0, 0.1) is 5.82 Å². The fourth-order valence-corrected chi connectivity index (χ4v) is 3.22. The molecule has 26 heavy (non-hydrogen) atoms. The SMILES string of the molecule is Fc1c2nc(c(Cl)c3nc(cc4ccc(cc5ccc1[nH]5)[nH]4)C=C3)C=C2. The Morgan fingerprint density at radius 3 is 2.27 bits per heavy atom. The van der Waals surface area contributed by atoms with Gasteiger partial charge in [-0.2, -0.15) is 0 Å². The van der Waals surface area contributed by atoms with Gasteiger partial charge in [-0.1, -0.05) is 11.6 Å². The van der Waals surface area contributed by atoms with Crippen molar-refractivity contribution in [3.63, 3.8) is 0 Å². The van der Waals surface area contributed by atoms with Gasteiger partial charge in [0.1, 0.15) is 5.69 Å². The molecule has 5 heterocycles.